The van der Waals surface area contributed by atoms with Gasteiger partial charge in [-0.2, -0.15) is 0 Å². The molecule has 5 rings (SSSR count). The van der Waals surface area contributed by atoms with Crippen molar-refractivity contribution < 1.29 is 17.9 Å². The van der Waals surface area contributed by atoms with E-state index in [-0.39, 0.29) is 30.1 Å². The van der Waals surface area contributed by atoms with Gasteiger partial charge in [-0.15, -0.1) is 0 Å². The topological polar surface area (TPSA) is 38.5 Å². The van der Waals surface area contributed by atoms with Crippen LogP contribution in [-0.2, 0) is 6.42 Å². The highest BCUT2D eigenvalue weighted by Crippen LogP contribution is 2.42. The highest BCUT2D eigenvalue weighted by atomic mass is 19.1. The van der Waals surface area contributed by atoms with Gasteiger partial charge in [0.15, 0.2) is 0 Å². The first kappa shape index (κ1) is 25.4. The minimum Gasteiger partial charge on any atom is -0.489 e. The number of alkyl halides is 1. The van der Waals surface area contributed by atoms with Gasteiger partial charge in [-0.05, 0) is 96.7 Å². The van der Waals surface area contributed by atoms with Crippen LogP contribution < -0.4 is 10.5 Å². The van der Waals surface area contributed by atoms with E-state index < -0.39 is 0 Å². The summed E-state index contributed by atoms with van der Waals surface area (Å²) in [6.07, 6.45) is 3.38. The van der Waals surface area contributed by atoms with Crippen molar-refractivity contribution in [3.63, 3.8) is 0 Å². The van der Waals surface area contributed by atoms with Crippen LogP contribution in [0.25, 0.3) is 11.1 Å². The van der Waals surface area contributed by atoms with Crippen molar-refractivity contribution in [2.75, 3.05) is 32.0 Å². The Morgan fingerprint density at radius 1 is 1.00 bits per heavy atom. The van der Waals surface area contributed by atoms with E-state index in [1.54, 1.807) is 12.1 Å². The molecule has 1 saturated heterocycles. The van der Waals surface area contributed by atoms with Crippen LogP contribution in [0.2, 0.25) is 0 Å². The zero-order valence-corrected chi connectivity index (χ0v) is 21.2. The van der Waals surface area contributed by atoms with Crippen LogP contribution in [0.15, 0.2) is 54.6 Å². The summed E-state index contributed by atoms with van der Waals surface area (Å²) in [5, 5.41) is 0. The van der Waals surface area contributed by atoms with Crippen LogP contribution in [0.1, 0.15) is 53.5 Å². The number of ether oxygens (including phenoxy) is 1. The average Bonchev–Trinajstić information content (AvgIpc) is 3.24. The summed E-state index contributed by atoms with van der Waals surface area (Å²) in [4.78, 5) is 2.23. The number of benzene rings is 3. The molecule has 6 heteroatoms. The van der Waals surface area contributed by atoms with Crippen molar-refractivity contribution in [2.45, 2.75) is 45.1 Å². The molecule has 1 fully saturated rings. The first-order valence-electron chi connectivity index (χ1n) is 13.1. The first-order chi connectivity index (χ1) is 17.9. The summed E-state index contributed by atoms with van der Waals surface area (Å²) in [6, 6.07) is 16.5. The number of likely N-dealkylation sites (tertiary alicyclic amines) is 1. The van der Waals surface area contributed by atoms with Gasteiger partial charge in [0.05, 0.1) is 12.4 Å². The molecule has 0 radical (unpaired) electrons. The van der Waals surface area contributed by atoms with E-state index in [0.29, 0.717) is 36.8 Å². The van der Waals surface area contributed by atoms with Gasteiger partial charge in [0.1, 0.15) is 23.5 Å². The maximum Gasteiger partial charge on any atom is 0.149 e. The summed E-state index contributed by atoms with van der Waals surface area (Å²) in [5.41, 5.74) is 11.4. The SMILES string of the molecule is Cc1ccc(C2=C(c3ccc(OC4CCN(CCCF)C4)cc3)c3ccc(N)c(F)c3CCC2)c(F)c1. The predicted octanol–water partition coefficient (Wildman–Crippen LogP) is 6.96. The molecule has 2 aliphatic rings. The van der Waals surface area contributed by atoms with Gasteiger partial charge in [0.2, 0.25) is 0 Å². The maximum atomic E-state index is 15.2. The summed E-state index contributed by atoms with van der Waals surface area (Å²) in [6.45, 7) is 4.02. The molecular formula is C31H33F3N2O. The zero-order valence-electron chi connectivity index (χ0n) is 21.2. The molecule has 3 nitrogen and oxygen atoms in total. The number of aryl methyl sites for hydroxylation is 1. The van der Waals surface area contributed by atoms with Gasteiger partial charge in [-0.3, -0.25) is 9.29 Å². The molecule has 1 heterocycles. The van der Waals surface area contributed by atoms with Crippen molar-refractivity contribution in [2.24, 2.45) is 0 Å². The minimum absolute atomic E-state index is 0.0672. The number of anilines is 1. The highest BCUT2D eigenvalue weighted by Gasteiger charge is 2.26. The van der Waals surface area contributed by atoms with Crippen LogP contribution in [0.5, 0.6) is 5.75 Å². The minimum atomic E-state index is -0.390. The van der Waals surface area contributed by atoms with Crippen LogP contribution >= 0.6 is 0 Å². The molecule has 0 amide bonds. The number of fused-ring (bicyclic) bond motifs is 1. The largest absolute Gasteiger partial charge is 0.489 e. The van der Waals surface area contributed by atoms with Crippen molar-refractivity contribution in [3.05, 3.63) is 94.0 Å². The normalized spacial score (nSPS) is 18.1. The van der Waals surface area contributed by atoms with Crippen molar-refractivity contribution in [1.29, 1.82) is 0 Å². The smallest absolute Gasteiger partial charge is 0.149 e. The number of nitrogens with two attached hydrogens (primary N) is 1. The molecule has 3 aromatic rings. The molecule has 0 saturated carbocycles. The molecule has 1 aliphatic carbocycles. The molecule has 0 aromatic heterocycles. The van der Waals surface area contributed by atoms with E-state index in [0.717, 1.165) is 59.6 Å². The molecule has 3 aromatic carbocycles. The van der Waals surface area contributed by atoms with Gasteiger partial charge >= 0.3 is 0 Å². The lowest BCUT2D eigenvalue weighted by molar-refractivity contribution is 0.198. The number of hydrogen-bond acceptors (Lipinski definition) is 3. The fourth-order valence-electron chi connectivity index (χ4n) is 5.58. The molecule has 0 spiro atoms. The van der Waals surface area contributed by atoms with Crippen molar-refractivity contribution in [1.82, 2.24) is 4.90 Å². The monoisotopic (exact) mass is 506 g/mol. The molecule has 37 heavy (non-hydrogen) atoms. The highest BCUT2D eigenvalue weighted by molar-refractivity contribution is 6.00. The second-order valence-corrected chi connectivity index (χ2v) is 10.1. The second kappa shape index (κ2) is 11.0. The molecule has 1 atom stereocenters. The van der Waals surface area contributed by atoms with Crippen LogP contribution in [-0.4, -0.2) is 37.3 Å². The van der Waals surface area contributed by atoms with Crippen LogP contribution in [0.3, 0.4) is 0 Å². The summed E-state index contributed by atoms with van der Waals surface area (Å²) in [5.74, 6) is 0.0894. The number of nitrogen functional groups attached to an aromatic ring is 1. The summed E-state index contributed by atoms with van der Waals surface area (Å²) in [7, 11) is 0. The number of halogens is 3. The third-order valence-corrected chi connectivity index (χ3v) is 7.43. The van der Waals surface area contributed by atoms with Crippen LogP contribution in [0, 0.1) is 18.6 Å². The summed E-state index contributed by atoms with van der Waals surface area (Å²) < 4.78 is 49.1. The average molecular weight is 507 g/mol. The van der Waals surface area contributed by atoms with Gasteiger partial charge in [-0.25, -0.2) is 8.78 Å². The van der Waals surface area contributed by atoms with E-state index in [2.05, 4.69) is 4.90 Å². The lowest BCUT2D eigenvalue weighted by Crippen LogP contribution is -2.26. The van der Waals surface area contributed by atoms with E-state index >= 15 is 8.78 Å². The zero-order chi connectivity index (χ0) is 25.9. The lowest BCUT2D eigenvalue weighted by atomic mass is 9.87. The molecule has 0 bridgehead atoms. The van der Waals surface area contributed by atoms with Crippen molar-refractivity contribution >= 4 is 16.8 Å². The Labute approximate surface area is 216 Å². The van der Waals surface area contributed by atoms with Gasteiger partial charge in [0.25, 0.3) is 0 Å². The molecule has 1 aliphatic heterocycles. The third kappa shape index (κ3) is 5.40. The Balaban J connectivity index is 1.51. The maximum absolute atomic E-state index is 15.2. The number of allylic oxidation sites excluding steroid dienone is 1. The summed E-state index contributed by atoms with van der Waals surface area (Å²) >= 11 is 0. The van der Waals surface area contributed by atoms with E-state index in [1.807, 2.05) is 49.4 Å². The molecular weight excluding hydrogens is 473 g/mol. The van der Waals surface area contributed by atoms with E-state index in [1.165, 1.54) is 0 Å². The van der Waals surface area contributed by atoms with Gasteiger partial charge in [0, 0.05) is 25.2 Å². The number of nitrogens with zero attached hydrogens (tertiary/aromatic N) is 1. The standard InChI is InChI=1S/C31H33F3N2O/c1-20-6-11-24(28(33)18-20)25-4-2-5-27-26(12-13-29(35)31(27)34)30(25)21-7-9-22(10-8-21)37-23-14-17-36(19-23)16-3-15-32/h6-13,18,23H,2-5,14-17,19,35H2,1H3. The van der Waals surface area contributed by atoms with E-state index in [9.17, 15) is 4.39 Å². The lowest BCUT2D eigenvalue weighted by Gasteiger charge is -2.19. The molecule has 2 N–H and O–H groups in total. The number of hydrogen-bond donors (Lipinski definition) is 1. The predicted molar refractivity (Wildman–Crippen MR) is 143 cm³/mol. The fourth-order valence-corrected chi connectivity index (χ4v) is 5.58. The third-order valence-electron chi connectivity index (χ3n) is 7.43. The second-order valence-electron chi connectivity index (χ2n) is 10.1. The van der Waals surface area contributed by atoms with Crippen molar-refractivity contribution in [3.8, 4) is 5.75 Å². The van der Waals surface area contributed by atoms with Crippen LogP contribution in [0.4, 0.5) is 18.9 Å². The fraction of sp³-hybridized carbons (Fsp3) is 0.355. The Bertz CT molecular complexity index is 1300. The van der Waals surface area contributed by atoms with Gasteiger partial charge < -0.3 is 10.5 Å². The molecule has 1 unspecified atom stereocenters. The van der Waals surface area contributed by atoms with E-state index in [4.69, 9.17) is 10.5 Å². The quantitative estimate of drug-likeness (QED) is 0.352. The molecule has 194 valence electrons. The Kier molecular flexibility index (Phi) is 7.56. The Morgan fingerprint density at radius 3 is 2.54 bits per heavy atom. The first-order valence-corrected chi connectivity index (χ1v) is 13.1. The Hall–Kier alpha value is -3.25. The van der Waals surface area contributed by atoms with Gasteiger partial charge in [-0.1, -0.05) is 30.3 Å². The number of rotatable bonds is 7. The Morgan fingerprint density at radius 2 is 1.78 bits per heavy atom.